The van der Waals surface area contributed by atoms with E-state index in [4.69, 9.17) is 10.5 Å². The van der Waals surface area contributed by atoms with Gasteiger partial charge in [-0.1, -0.05) is 52.0 Å². The number of rotatable bonds is 5. The molecule has 1 aliphatic heterocycles. The maximum atomic E-state index is 13.7. The molecule has 0 saturated heterocycles. The van der Waals surface area contributed by atoms with Crippen LogP contribution >= 0.6 is 0 Å². The number of hydrogen-bond donors (Lipinski definition) is 5. The van der Waals surface area contributed by atoms with Gasteiger partial charge in [0.15, 0.2) is 0 Å². The molecule has 1 aliphatic carbocycles. The molecule has 0 saturated carbocycles. The van der Waals surface area contributed by atoms with Gasteiger partial charge in [0.05, 0.1) is 29.2 Å². The fourth-order valence-electron chi connectivity index (χ4n) is 5.40. The number of hydrogen-bond acceptors (Lipinski definition) is 9. The Morgan fingerprint density at radius 3 is 2.35 bits per heavy atom. The van der Waals surface area contributed by atoms with E-state index in [1.54, 1.807) is 32.9 Å². The Hall–Kier alpha value is -3.54. The van der Waals surface area contributed by atoms with Crippen LogP contribution in [0.4, 0.5) is 4.79 Å². The number of Topliss-reactive ketones (excluding diaryl/α,β-unsaturated/α-hetero) is 1. The number of amides is 2. The lowest BCUT2D eigenvalue weighted by molar-refractivity contribution is -0.120. The van der Waals surface area contributed by atoms with E-state index in [0.717, 1.165) is 6.08 Å². The van der Waals surface area contributed by atoms with Crippen molar-refractivity contribution in [1.82, 2.24) is 15.5 Å². The van der Waals surface area contributed by atoms with Crippen LogP contribution in [0.1, 0.15) is 48.0 Å². The lowest BCUT2D eigenvalue weighted by Crippen LogP contribution is -2.41. The zero-order chi connectivity index (χ0) is 32.6. The number of carbonyl (C=O) groups excluding carboxylic acids is 4. The Balaban J connectivity index is 2.60. The van der Waals surface area contributed by atoms with Crippen molar-refractivity contribution in [3.8, 4) is 0 Å². The number of aliphatic hydroxyl groups excluding tert-OH is 2. The van der Waals surface area contributed by atoms with E-state index >= 15 is 0 Å². The first kappa shape index (κ1) is 35.7. The van der Waals surface area contributed by atoms with Gasteiger partial charge in [-0.25, -0.2) is 4.79 Å². The van der Waals surface area contributed by atoms with Gasteiger partial charge in [0, 0.05) is 36.6 Å². The molecule has 11 nitrogen and oxygen atoms in total. The van der Waals surface area contributed by atoms with E-state index in [-0.39, 0.29) is 40.3 Å². The fourth-order valence-corrected chi connectivity index (χ4v) is 5.40. The van der Waals surface area contributed by atoms with Gasteiger partial charge in [0.2, 0.25) is 11.6 Å². The molecular formula is C32H48N4O7. The van der Waals surface area contributed by atoms with Crippen molar-refractivity contribution >= 4 is 23.6 Å². The second kappa shape index (κ2) is 15.8. The second-order valence-corrected chi connectivity index (χ2v) is 12.1. The van der Waals surface area contributed by atoms with E-state index in [1.165, 1.54) is 6.08 Å². The smallest absolute Gasteiger partial charge is 0.405 e. The number of aliphatic hydroxyl groups is 2. The summed E-state index contributed by atoms with van der Waals surface area (Å²) in [7, 11) is 3.74. The molecule has 2 rings (SSSR count). The molecule has 7 atom stereocenters. The second-order valence-electron chi connectivity index (χ2n) is 12.1. The third-order valence-corrected chi connectivity index (χ3v) is 7.90. The number of fused-ring (bicyclic) bond motifs is 2. The van der Waals surface area contributed by atoms with Gasteiger partial charge in [-0.2, -0.15) is 0 Å². The van der Waals surface area contributed by atoms with Gasteiger partial charge >= 0.3 is 6.09 Å². The van der Waals surface area contributed by atoms with Crippen LogP contribution in [0, 0.1) is 23.7 Å². The Morgan fingerprint density at radius 1 is 1.09 bits per heavy atom. The quantitative estimate of drug-likeness (QED) is 0.234. The number of nitrogens with one attached hydrogen (secondary N) is 2. The molecule has 11 heteroatoms. The molecule has 0 radical (unpaired) electrons. The molecule has 1 heterocycles. The standard InChI is InChI=1S/C32H48N4O7/c1-17-10-9-11-18(2)31(41)35-23-16-24(37)26(34-12-13-36(7)8)25(29(23)40)28(39)21(5)14-19(3)27(38)20(4)15-22(6)30(17)43-32(33)42/h9-11,15-17,19-21,27-28,30,34,38-39H,12-14H2,1-8H3,(H2,33,42)(H,35,41)/b10-9-,18-11+,22-15+/t17-,19-,20-,21-,27-,28?,30+/m0/s1. The van der Waals surface area contributed by atoms with Crippen molar-refractivity contribution in [2.45, 2.75) is 66.3 Å². The van der Waals surface area contributed by atoms with Crippen LogP contribution < -0.4 is 16.4 Å². The van der Waals surface area contributed by atoms with Gasteiger partial charge in [0.25, 0.3) is 5.91 Å². The summed E-state index contributed by atoms with van der Waals surface area (Å²) >= 11 is 0. The predicted octanol–water partition coefficient (Wildman–Crippen LogP) is 2.13. The van der Waals surface area contributed by atoms with Gasteiger partial charge in [-0.05, 0) is 51.8 Å². The summed E-state index contributed by atoms with van der Waals surface area (Å²) in [4.78, 5) is 53.5. The summed E-state index contributed by atoms with van der Waals surface area (Å²) in [5.74, 6) is -3.31. The summed E-state index contributed by atoms with van der Waals surface area (Å²) in [5, 5.41) is 28.2. The summed E-state index contributed by atoms with van der Waals surface area (Å²) < 4.78 is 5.40. The van der Waals surface area contributed by atoms with E-state index in [9.17, 15) is 29.4 Å². The lowest BCUT2D eigenvalue weighted by atomic mass is 9.80. The van der Waals surface area contributed by atoms with Crippen molar-refractivity contribution in [3.05, 3.63) is 58.5 Å². The highest BCUT2D eigenvalue weighted by molar-refractivity contribution is 6.24. The number of ether oxygens (including phenoxy) is 1. The highest BCUT2D eigenvalue weighted by atomic mass is 16.6. The number of allylic oxidation sites excluding steroid dienone is 4. The zero-order valence-electron chi connectivity index (χ0n) is 26.5. The topological polar surface area (TPSA) is 171 Å². The minimum Gasteiger partial charge on any atom is -0.441 e. The maximum absolute atomic E-state index is 13.7. The number of likely N-dealkylation sites (N-methyl/N-ethyl adjacent to an activating group) is 1. The monoisotopic (exact) mass is 600 g/mol. The van der Waals surface area contributed by atoms with Crippen LogP contribution in [-0.4, -0.2) is 84.2 Å². The highest BCUT2D eigenvalue weighted by Gasteiger charge is 2.37. The highest BCUT2D eigenvalue weighted by Crippen LogP contribution is 2.30. The Morgan fingerprint density at radius 2 is 1.74 bits per heavy atom. The molecule has 2 aliphatic rings. The molecule has 0 aromatic rings. The van der Waals surface area contributed by atoms with Crippen molar-refractivity contribution in [2.24, 2.45) is 29.4 Å². The van der Waals surface area contributed by atoms with E-state index in [1.807, 2.05) is 45.8 Å². The van der Waals surface area contributed by atoms with Crippen LogP contribution in [0.2, 0.25) is 0 Å². The van der Waals surface area contributed by atoms with Gasteiger partial charge < -0.3 is 36.2 Å². The first-order valence-electron chi connectivity index (χ1n) is 14.7. The Bertz CT molecular complexity index is 1230. The van der Waals surface area contributed by atoms with Gasteiger partial charge in [0.1, 0.15) is 6.10 Å². The van der Waals surface area contributed by atoms with Crippen molar-refractivity contribution in [1.29, 1.82) is 0 Å². The van der Waals surface area contributed by atoms with Crippen LogP contribution in [0.25, 0.3) is 0 Å². The Kier molecular flexibility index (Phi) is 13.1. The molecular weight excluding hydrogens is 552 g/mol. The van der Waals surface area contributed by atoms with Crippen molar-refractivity contribution in [3.63, 3.8) is 0 Å². The fraction of sp³-hybridized carbons (Fsp3) is 0.562. The molecule has 2 amide bonds. The van der Waals surface area contributed by atoms with E-state index < -0.39 is 47.8 Å². The largest absolute Gasteiger partial charge is 0.441 e. The number of ketones is 2. The average Bonchev–Trinajstić information content (AvgIpc) is 2.92. The van der Waals surface area contributed by atoms with Crippen molar-refractivity contribution < 1.29 is 34.1 Å². The molecule has 2 bridgehead atoms. The van der Waals surface area contributed by atoms with Crippen LogP contribution in [0.5, 0.6) is 0 Å². The molecule has 6 N–H and O–H groups in total. The molecule has 0 aromatic heterocycles. The minimum atomic E-state index is -1.35. The lowest BCUT2D eigenvalue weighted by Gasteiger charge is -2.31. The maximum Gasteiger partial charge on any atom is 0.405 e. The first-order chi connectivity index (χ1) is 20.0. The third-order valence-electron chi connectivity index (χ3n) is 7.90. The summed E-state index contributed by atoms with van der Waals surface area (Å²) in [6.45, 7) is 11.5. The molecule has 1 unspecified atom stereocenters. The number of nitrogens with zero attached hydrogens (tertiary/aromatic N) is 1. The Labute approximate surface area is 254 Å². The van der Waals surface area contributed by atoms with Crippen molar-refractivity contribution in [2.75, 3.05) is 27.2 Å². The molecule has 0 fully saturated rings. The third kappa shape index (κ3) is 9.74. The molecule has 238 valence electrons. The molecule has 0 aromatic carbocycles. The number of carbonyl (C=O) groups is 4. The average molecular weight is 601 g/mol. The zero-order valence-corrected chi connectivity index (χ0v) is 26.5. The summed E-state index contributed by atoms with van der Waals surface area (Å²) in [5.41, 5.74) is 5.95. The normalized spacial score (nSPS) is 33.1. The molecule has 43 heavy (non-hydrogen) atoms. The molecule has 0 spiro atoms. The number of primary amides is 1. The first-order valence-corrected chi connectivity index (χ1v) is 14.7. The van der Waals surface area contributed by atoms with Gasteiger partial charge in [-0.3, -0.25) is 14.4 Å². The SMILES string of the molecule is C/C1=C\C=C/[C@H](C)[C@@H](OC(N)=O)/C(C)=C/[C@H](C)[C@@H](O)[C@@H](C)C[C@H](C)C(O)C2=C(NCCN(C)C)C(=O)C=C(NC1=O)C2=O. The minimum absolute atomic E-state index is 0.0000963. The summed E-state index contributed by atoms with van der Waals surface area (Å²) in [6, 6.07) is 0. The van der Waals surface area contributed by atoms with Crippen LogP contribution in [-0.2, 0) is 19.1 Å². The van der Waals surface area contributed by atoms with E-state index in [2.05, 4.69) is 10.6 Å². The predicted molar refractivity (Wildman–Crippen MR) is 164 cm³/mol. The number of nitrogens with two attached hydrogens (primary N) is 1. The van der Waals surface area contributed by atoms with Crippen LogP contribution in [0.3, 0.4) is 0 Å². The summed E-state index contributed by atoms with van der Waals surface area (Å²) in [6.07, 6.45) is 4.31. The van der Waals surface area contributed by atoms with Crippen LogP contribution in [0.15, 0.2) is 58.5 Å². The van der Waals surface area contributed by atoms with Gasteiger partial charge in [-0.15, -0.1) is 0 Å². The van der Waals surface area contributed by atoms with E-state index in [0.29, 0.717) is 25.1 Å².